The van der Waals surface area contributed by atoms with E-state index in [1.54, 1.807) is 24.3 Å². The first-order valence-corrected chi connectivity index (χ1v) is 13.1. The first-order chi connectivity index (χ1) is 17.6. The highest BCUT2D eigenvalue weighted by atomic mass is 79.9. The number of imide groups is 1. The number of thioether (sulfide) groups is 1. The van der Waals surface area contributed by atoms with Crippen LogP contribution in [0.25, 0.3) is 6.08 Å². The van der Waals surface area contributed by atoms with Crippen molar-refractivity contribution in [3.8, 4) is 5.75 Å². The zero-order valence-electron chi connectivity index (χ0n) is 19.8. The molecule has 37 heavy (non-hydrogen) atoms. The Morgan fingerprint density at radius 2 is 1.92 bits per heavy atom. The summed E-state index contributed by atoms with van der Waals surface area (Å²) in [5, 5.41) is 2.50. The van der Waals surface area contributed by atoms with Gasteiger partial charge in [-0.2, -0.15) is 0 Å². The fourth-order valence-electron chi connectivity index (χ4n) is 3.56. The lowest BCUT2D eigenvalue weighted by Gasteiger charge is -2.14. The van der Waals surface area contributed by atoms with Gasteiger partial charge in [-0.25, -0.2) is 4.39 Å². The van der Waals surface area contributed by atoms with Crippen LogP contribution in [0.2, 0.25) is 5.02 Å². The predicted octanol–water partition coefficient (Wildman–Crippen LogP) is 7.11. The summed E-state index contributed by atoms with van der Waals surface area (Å²) >= 11 is 10.3. The summed E-state index contributed by atoms with van der Waals surface area (Å²) in [4.78, 5) is 39.3. The molecule has 10 heteroatoms. The molecular formula is C27H21BrClFN2O4S. The molecule has 4 rings (SSSR count). The Bertz CT molecular complexity index is 1450. The lowest BCUT2D eigenvalue weighted by Crippen LogP contribution is -2.27. The maximum absolute atomic E-state index is 13.4. The van der Waals surface area contributed by atoms with Gasteiger partial charge in [-0.3, -0.25) is 19.3 Å². The number of aryl methyl sites for hydroxylation is 2. The molecule has 1 fully saturated rings. The molecule has 1 saturated heterocycles. The van der Waals surface area contributed by atoms with Crippen LogP contribution in [0.4, 0.5) is 14.9 Å². The van der Waals surface area contributed by atoms with Crippen molar-refractivity contribution in [2.24, 2.45) is 0 Å². The van der Waals surface area contributed by atoms with E-state index in [0.717, 1.165) is 38.3 Å². The molecular weight excluding hydrogens is 583 g/mol. The Morgan fingerprint density at radius 3 is 2.68 bits per heavy atom. The van der Waals surface area contributed by atoms with E-state index >= 15 is 0 Å². The van der Waals surface area contributed by atoms with Gasteiger partial charge in [-0.1, -0.05) is 45.7 Å². The molecule has 0 atom stereocenters. The molecule has 1 heterocycles. The Morgan fingerprint density at radius 1 is 1.14 bits per heavy atom. The van der Waals surface area contributed by atoms with Crippen molar-refractivity contribution >= 4 is 68.1 Å². The van der Waals surface area contributed by atoms with E-state index in [9.17, 15) is 18.8 Å². The van der Waals surface area contributed by atoms with Crippen molar-refractivity contribution in [2.45, 2.75) is 20.4 Å². The van der Waals surface area contributed by atoms with E-state index in [0.29, 0.717) is 22.6 Å². The summed E-state index contributed by atoms with van der Waals surface area (Å²) in [6.07, 6.45) is 1.54. The van der Waals surface area contributed by atoms with Crippen LogP contribution in [-0.4, -0.2) is 28.6 Å². The fraction of sp³-hybridized carbons (Fsp3) is 0.148. The van der Waals surface area contributed by atoms with Gasteiger partial charge in [0.1, 0.15) is 11.6 Å². The molecule has 1 N–H and O–H groups in total. The van der Waals surface area contributed by atoms with Gasteiger partial charge in [0.25, 0.3) is 17.1 Å². The second kappa shape index (κ2) is 11.5. The third kappa shape index (κ3) is 6.60. The standard InChI is InChI=1S/C27H21BrClFN2O4S/c1-15-3-4-16(2)22(9-15)31-25(33)14-36-23-8-6-19(28)10-18(23)11-24-26(34)32(27(35)37-24)13-17-5-7-20(30)12-21(17)29/h3-12H,13-14H2,1-2H3,(H,31,33)/b24-11-. The Kier molecular flexibility index (Phi) is 8.36. The van der Waals surface area contributed by atoms with Crippen molar-refractivity contribution < 1.29 is 23.5 Å². The average Bonchev–Trinajstić information content (AvgIpc) is 3.09. The van der Waals surface area contributed by atoms with Crippen LogP contribution in [-0.2, 0) is 16.1 Å². The van der Waals surface area contributed by atoms with E-state index in [-0.39, 0.29) is 29.0 Å². The van der Waals surface area contributed by atoms with Crippen molar-refractivity contribution in [1.29, 1.82) is 0 Å². The number of benzene rings is 3. The minimum Gasteiger partial charge on any atom is -0.483 e. The minimum absolute atomic E-state index is 0.0818. The number of carbonyl (C=O) groups excluding carboxylic acids is 3. The van der Waals surface area contributed by atoms with Gasteiger partial charge in [-0.15, -0.1) is 0 Å². The van der Waals surface area contributed by atoms with Crippen LogP contribution in [0.3, 0.4) is 0 Å². The van der Waals surface area contributed by atoms with Gasteiger partial charge in [-0.05, 0) is 84.8 Å². The molecule has 3 aromatic carbocycles. The molecule has 1 aliphatic heterocycles. The van der Waals surface area contributed by atoms with Crippen LogP contribution in [0.1, 0.15) is 22.3 Å². The minimum atomic E-state index is -0.507. The predicted molar refractivity (Wildman–Crippen MR) is 147 cm³/mol. The number of hydrogen-bond donors (Lipinski definition) is 1. The highest BCUT2D eigenvalue weighted by Crippen LogP contribution is 2.36. The Hall–Kier alpha value is -3.14. The van der Waals surface area contributed by atoms with E-state index in [1.165, 1.54) is 12.1 Å². The molecule has 0 unspecified atom stereocenters. The summed E-state index contributed by atoms with van der Waals surface area (Å²) in [6, 6.07) is 14.7. The second-order valence-electron chi connectivity index (χ2n) is 8.34. The number of amides is 3. The molecule has 3 amide bonds. The molecule has 0 aromatic heterocycles. The molecule has 0 saturated carbocycles. The zero-order valence-corrected chi connectivity index (χ0v) is 23.0. The molecule has 0 spiro atoms. The lowest BCUT2D eigenvalue weighted by molar-refractivity contribution is -0.123. The number of halogens is 3. The number of nitrogens with one attached hydrogen (secondary N) is 1. The lowest BCUT2D eigenvalue weighted by atomic mass is 10.1. The van der Waals surface area contributed by atoms with Gasteiger partial charge in [0.05, 0.1) is 11.4 Å². The largest absolute Gasteiger partial charge is 0.483 e. The number of anilines is 1. The molecule has 3 aromatic rings. The van der Waals surface area contributed by atoms with Crippen molar-refractivity contribution in [3.63, 3.8) is 0 Å². The van der Waals surface area contributed by atoms with Crippen LogP contribution < -0.4 is 10.1 Å². The average molecular weight is 604 g/mol. The Labute approximate surface area is 231 Å². The molecule has 0 radical (unpaired) electrons. The molecule has 0 aliphatic carbocycles. The topological polar surface area (TPSA) is 75.7 Å². The molecule has 1 aliphatic rings. The van der Waals surface area contributed by atoms with Crippen LogP contribution in [0, 0.1) is 19.7 Å². The van der Waals surface area contributed by atoms with Crippen molar-refractivity contribution in [2.75, 3.05) is 11.9 Å². The maximum Gasteiger partial charge on any atom is 0.293 e. The summed E-state index contributed by atoms with van der Waals surface area (Å²) in [5.41, 5.74) is 3.63. The van der Waals surface area contributed by atoms with Crippen LogP contribution in [0.5, 0.6) is 5.75 Å². The number of hydrogen-bond acceptors (Lipinski definition) is 5. The summed E-state index contributed by atoms with van der Waals surface area (Å²) in [7, 11) is 0. The van der Waals surface area contributed by atoms with Crippen LogP contribution >= 0.6 is 39.3 Å². The van der Waals surface area contributed by atoms with Crippen molar-refractivity contribution in [3.05, 3.63) is 97.1 Å². The van der Waals surface area contributed by atoms with E-state index in [2.05, 4.69) is 21.2 Å². The highest BCUT2D eigenvalue weighted by molar-refractivity contribution is 9.10. The summed E-state index contributed by atoms with van der Waals surface area (Å²) in [5.74, 6) is -0.978. The number of carbonyl (C=O) groups is 3. The quantitative estimate of drug-likeness (QED) is 0.291. The monoisotopic (exact) mass is 602 g/mol. The normalized spacial score (nSPS) is 14.4. The number of rotatable bonds is 7. The first-order valence-electron chi connectivity index (χ1n) is 11.1. The third-order valence-electron chi connectivity index (χ3n) is 5.50. The van der Waals surface area contributed by atoms with Gasteiger partial charge >= 0.3 is 0 Å². The molecule has 190 valence electrons. The molecule has 0 bridgehead atoms. The second-order valence-corrected chi connectivity index (χ2v) is 10.7. The first kappa shape index (κ1) is 26.9. The van der Waals surface area contributed by atoms with Crippen LogP contribution in [0.15, 0.2) is 64.0 Å². The van der Waals surface area contributed by atoms with Gasteiger partial charge in [0.15, 0.2) is 6.61 Å². The number of ether oxygens (including phenoxy) is 1. The fourth-order valence-corrected chi connectivity index (χ4v) is 5.00. The van der Waals surface area contributed by atoms with E-state index in [1.807, 2.05) is 32.0 Å². The molecule has 6 nitrogen and oxygen atoms in total. The summed E-state index contributed by atoms with van der Waals surface area (Å²) in [6.45, 7) is 3.51. The zero-order chi connectivity index (χ0) is 26.7. The van der Waals surface area contributed by atoms with E-state index < -0.39 is 17.0 Å². The third-order valence-corrected chi connectivity index (χ3v) is 7.25. The number of nitrogens with zero attached hydrogens (tertiary/aromatic N) is 1. The Balaban J connectivity index is 1.49. The smallest absolute Gasteiger partial charge is 0.293 e. The van der Waals surface area contributed by atoms with Crippen molar-refractivity contribution in [1.82, 2.24) is 4.90 Å². The van der Waals surface area contributed by atoms with E-state index in [4.69, 9.17) is 16.3 Å². The van der Waals surface area contributed by atoms with Gasteiger partial charge < -0.3 is 10.1 Å². The SMILES string of the molecule is Cc1ccc(C)c(NC(=O)COc2ccc(Br)cc2/C=C2\SC(=O)N(Cc3ccc(F)cc3Cl)C2=O)c1. The van der Waals surface area contributed by atoms with Gasteiger partial charge in [0.2, 0.25) is 0 Å². The highest BCUT2D eigenvalue weighted by Gasteiger charge is 2.35. The van der Waals surface area contributed by atoms with Gasteiger partial charge in [0, 0.05) is 20.7 Å². The maximum atomic E-state index is 13.4. The summed E-state index contributed by atoms with van der Waals surface area (Å²) < 4.78 is 19.9.